The number of rotatable bonds is 4. The molecule has 0 bridgehead atoms. The van der Waals surface area contributed by atoms with Gasteiger partial charge in [0.2, 0.25) is 0 Å². The van der Waals surface area contributed by atoms with Gasteiger partial charge in [0.1, 0.15) is 5.82 Å². The Morgan fingerprint density at radius 2 is 2.28 bits per heavy atom. The first-order chi connectivity index (χ1) is 8.58. The fourth-order valence-corrected chi connectivity index (χ4v) is 2.67. The van der Waals surface area contributed by atoms with E-state index in [2.05, 4.69) is 5.32 Å². The molecule has 0 saturated carbocycles. The molecule has 1 aromatic heterocycles. The van der Waals surface area contributed by atoms with E-state index in [1.807, 2.05) is 22.6 Å². The van der Waals surface area contributed by atoms with Crippen LogP contribution in [0.1, 0.15) is 5.56 Å². The molecule has 0 aliphatic rings. The Balaban J connectivity index is 2.07. The van der Waals surface area contributed by atoms with E-state index in [1.165, 1.54) is 12.1 Å². The highest BCUT2D eigenvalue weighted by atomic mass is 127. The number of nitro groups is 1. The van der Waals surface area contributed by atoms with Crippen LogP contribution in [0.25, 0.3) is 0 Å². The summed E-state index contributed by atoms with van der Waals surface area (Å²) in [5.74, 6) is -0.281. The monoisotopic (exact) mass is 378 g/mol. The maximum absolute atomic E-state index is 13.3. The third-order valence-corrected chi connectivity index (χ3v) is 4.28. The molecule has 4 nitrogen and oxygen atoms in total. The SMILES string of the molecule is O=[N+]([O-])c1cc(CNc2cccc(F)c2I)cs1. The van der Waals surface area contributed by atoms with E-state index in [4.69, 9.17) is 0 Å². The lowest BCUT2D eigenvalue weighted by molar-refractivity contribution is -0.380. The Morgan fingerprint density at radius 1 is 1.50 bits per heavy atom. The summed E-state index contributed by atoms with van der Waals surface area (Å²) in [6, 6.07) is 6.30. The van der Waals surface area contributed by atoms with Gasteiger partial charge < -0.3 is 5.32 Å². The standard InChI is InChI=1S/C11H8FIN2O2S/c12-8-2-1-3-9(11(8)13)14-5-7-4-10(15(16)17)18-6-7/h1-4,6,14H,5H2. The molecular formula is C11H8FIN2O2S. The molecule has 1 aromatic carbocycles. The molecule has 7 heteroatoms. The van der Waals surface area contributed by atoms with Crippen molar-refractivity contribution in [1.82, 2.24) is 0 Å². The number of halogens is 2. The van der Waals surface area contributed by atoms with Crippen molar-refractivity contribution >= 4 is 44.6 Å². The van der Waals surface area contributed by atoms with Gasteiger partial charge >= 0.3 is 5.00 Å². The molecule has 0 fully saturated rings. The average molecular weight is 378 g/mol. The molecule has 2 aromatic rings. The van der Waals surface area contributed by atoms with Crippen LogP contribution in [0.15, 0.2) is 29.6 Å². The molecule has 1 heterocycles. The largest absolute Gasteiger partial charge is 0.380 e. The van der Waals surface area contributed by atoms with Gasteiger partial charge in [-0.25, -0.2) is 4.39 Å². The Labute approximate surface area is 120 Å². The van der Waals surface area contributed by atoms with E-state index < -0.39 is 4.92 Å². The normalized spacial score (nSPS) is 10.3. The zero-order valence-electron chi connectivity index (χ0n) is 9.02. The van der Waals surface area contributed by atoms with Crippen LogP contribution >= 0.6 is 33.9 Å². The summed E-state index contributed by atoms with van der Waals surface area (Å²) in [5, 5.41) is 15.4. The van der Waals surface area contributed by atoms with Gasteiger partial charge in [-0.05, 0) is 40.3 Å². The molecule has 18 heavy (non-hydrogen) atoms. The molecule has 0 radical (unpaired) electrons. The van der Waals surface area contributed by atoms with Crippen LogP contribution in [-0.2, 0) is 6.54 Å². The van der Waals surface area contributed by atoms with Gasteiger partial charge in [-0.3, -0.25) is 10.1 Å². The first kappa shape index (κ1) is 13.2. The summed E-state index contributed by atoms with van der Waals surface area (Å²) in [6.45, 7) is 0.434. The van der Waals surface area contributed by atoms with Crippen LogP contribution in [0.3, 0.4) is 0 Å². The summed E-state index contributed by atoms with van der Waals surface area (Å²) in [5.41, 5.74) is 1.50. The van der Waals surface area contributed by atoms with Crippen molar-refractivity contribution < 1.29 is 9.31 Å². The second-order valence-corrected chi connectivity index (χ2v) is 5.47. The number of benzene rings is 1. The number of nitrogens with zero attached hydrogens (tertiary/aromatic N) is 1. The third kappa shape index (κ3) is 2.96. The molecule has 0 spiro atoms. The first-order valence-electron chi connectivity index (χ1n) is 4.97. The fourth-order valence-electron chi connectivity index (χ4n) is 1.39. The van der Waals surface area contributed by atoms with Crippen molar-refractivity contribution in [3.63, 3.8) is 0 Å². The van der Waals surface area contributed by atoms with Gasteiger partial charge in [-0.15, -0.1) is 0 Å². The van der Waals surface area contributed by atoms with E-state index >= 15 is 0 Å². The highest BCUT2D eigenvalue weighted by Gasteiger charge is 2.10. The Hall–Kier alpha value is -1.22. The number of thiophene rings is 1. The Kier molecular flexibility index (Phi) is 4.12. The van der Waals surface area contributed by atoms with Crippen molar-refractivity contribution in [2.24, 2.45) is 0 Å². The highest BCUT2D eigenvalue weighted by Crippen LogP contribution is 2.25. The van der Waals surface area contributed by atoms with Gasteiger partial charge in [-0.2, -0.15) is 0 Å². The van der Waals surface area contributed by atoms with Crippen LogP contribution in [0.4, 0.5) is 15.1 Å². The van der Waals surface area contributed by atoms with Crippen molar-refractivity contribution in [2.45, 2.75) is 6.54 Å². The minimum atomic E-state index is -0.417. The van der Waals surface area contributed by atoms with Gasteiger partial charge in [0.25, 0.3) is 0 Å². The Bertz CT molecular complexity index is 588. The predicted molar refractivity (Wildman–Crippen MR) is 77.4 cm³/mol. The molecule has 2 rings (SSSR count). The maximum Gasteiger partial charge on any atom is 0.324 e. The molecule has 0 unspecified atom stereocenters. The van der Waals surface area contributed by atoms with Crippen molar-refractivity contribution in [3.05, 3.63) is 54.7 Å². The Morgan fingerprint density at radius 3 is 2.94 bits per heavy atom. The summed E-state index contributed by atoms with van der Waals surface area (Å²) in [4.78, 5) is 10.1. The molecule has 1 N–H and O–H groups in total. The minimum absolute atomic E-state index is 0.112. The minimum Gasteiger partial charge on any atom is -0.380 e. The summed E-state index contributed by atoms with van der Waals surface area (Å²) in [7, 11) is 0. The van der Waals surface area contributed by atoms with E-state index in [0.717, 1.165) is 16.9 Å². The molecular weight excluding hydrogens is 370 g/mol. The molecule has 0 aliphatic carbocycles. The van der Waals surface area contributed by atoms with Crippen LogP contribution < -0.4 is 5.32 Å². The van der Waals surface area contributed by atoms with Gasteiger partial charge in [0, 0.05) is 18.0 Å². The number of nitrogens with one attached hydrogen (secondary N) is 1. The highest BCUT2D eigenvalue weighted by molar-refractivity contribution is 14.1. The zero-order valence-corrected chi connectivity index (χ0v) is 12.0. The van der Waals surface area contributed by atoms with Gasteiger partial charge in [-0.1, -0.05) is 17.4 Å². The molecule has 0 amide bonds. The molecule has 0 aliphatic heterocycles. The summed E-state index contributed by atoms with van der Waals surface area (Å²) >= 11 is 3.01. The predicted octanol–water partition coefficient (Wildman–Crippen LogP) is 4.01. The van der Waals surface area contributed by atoms with E-state index in [1.54, 1.807) is 17.5 Å². The number of anilines is 1. The number of hydrogen-bond acceptors (Lipinski definition) is 4. The third-order valence-electron chi connectivity index (χ3n) is 2.25. The summed E-state index contributed by atoms with van der Waals surface area (Å²) < 4.78 is 13.8. The summed E-state index contributed by atoms with van der Waals surface area (Å²) in [6.07, 6.45) is 0. The second-order valence-electron chi connectivity index (χ2n) is 3.51. The quantitative estimate of drug-likeness (QED) is 0.497. The first-order valence-corrected chi connectivity index (χ1v) is 6.93. The smallest absolute Gasteiger partial charge is 0.324 e. The van der Waals surface area contributed by atoms with Gasteiger partial charge in [0.15, 0.2) is 0 Å². The lowest BCUT2D eigenvalue weighted by Gasteiger charge is -2.07. The molecule has 94 valence electrons. The van der Waals surface area contributed by atoms with Crippen molar-refractivity contribution in [2.75, 3.05) is 5.32 Å². The topological polar surface area (TPSA) is 55.2 Å². The van der Waals surface area contributed by atoms with Gasteiger partial charge in [0.05, 0.1) is 14.2 Å². The van der Waals surface area contributed by atoms with Crippen LogP contribution in [0.2, 0.25) is 0 Å². The second kappa shape index (κ2) is 5.61. The van der Waals surface area contributed by atoms with E-state index in [-0.39, 0.29) is 10.8 Å². The van der Waals surface area contributed by atoms with E-state index in [9.17, 15) is 14.5 Å². The van der Waals surface area contributed by atoms with Crippen LogP contribution in [0.5, 0.6) is 0 Å². The maximum atomic E-state index is 13.3. The fraction of sp³-hybridized carbons (Fsp3) is 0.0909. The van der Waals surface area contributed by atoms with Crippen molar-refractivity contribution in [1.29, 1.82) is 0 Å². The van der Waals surface area contributed by atoms with Crippen LogP contribution in [-0.4, -0.2) is 4.92 Å². The number of hydrogen-bond donors (Lipinski definition) is 1. The molecule has 0 atom stereocenters. The lowest BCUT2D eigenvalue weighted by Crippen LogP contribution is -2.01. The lowest BCUT2D eigenvalue weighted by atomic mass is 10.3. The molecule has 0 saturated heterocycles. The average Bonchev–Trinajstić information content (AvgIpc) is 2.80. The zero-order chi connectivity index (χ0) is 13.1. The van der Waals surface area contributed by atoms with Crippen LogP contribution in [0, 0.1) is 19.5 Å². The van der Waals surface area contributed by atoms with Crippen molar-refractivity contribution in [3.8, 4) is 0 Å². The van der Waals surface area contributed by atoms with E-state index in [0.29, 0.717) is 15.8 Å².